The first-order valence-electron chi connectivity index (χ1n) is 9.52. The zero-order valence-corrected chi connectivity index (χ0v) is 15.8. The van der Waals surface area contributed by atoms with Crippen molar-refractivity contribution in [2.45, 2.75) is 51.2 Å². The standard InChI is InChI=1S/C22H25NO4/c1-15-6-8-18(25-2)16(12-15)13-21(24)23-17-7-9-19-20(14-17)27-22(26-19)10-4-3-5-11-22/h6-9,12,14H,3-5,10-11,13H2,1-2H3,(H,23,24). The SMILES string of the molecule is COc1ccc(C)cc1CC(=O)Nc1ccc2c(c1)OC1(CCCCC1)O2. The molecule has 1 aliphatic heterocycles. The van der Waals surface area contributed by atoms with E-state index >= 15 is 0 Å². The summed E-state index contributed by atoms with van der Waals surface area (Å²) < 4.78 is 17.6. The quantitative estimate of drug-likeness (QED) is 0.857. The van der Waals surface area contributed by atoms with Crippen LogP contribution in [0.2, 0.25) is 0 Å². The van der Waals surface area contributed by atoms with E-state index in [1.165, 1.54) is 6.42 Å². The molecule has 2 aliphatic rings. The van der Waals surface area contributed by atoms with Crippen LogP contribution in [0.4, 0.5) is 5.69 Å². The van der Waals surface area contributed by atoms with Crippen LogP contribution in [0.25, 0.3) is 0 Å². The molecule has 1 fully saturated rings. The van der Waals surface area contributed by atoms with Crippen LogP contribution < -0.4 is 19.5 Å². The Balaban J connectivity index is 1.45. The zero-order chi connectivity index (χ0) is 18.9. The minimum Gasteiger partial charge on any atom is -0.496 e. The van der Waals surface area contributed by atoms with E-state index in [0.717, 1.165) is 48.3 Å². The summed E-state index contributed by atoms with van der Waals surface area (Å²) in [5.41, 5.74) is 2.68. The molecule has 0 atom stereocenters. The van der Waals surface area contributed by atoms with Gasteiger partial charge < -0.3 is 19.5 Å². The van der Waals surface area contributed by atoms with Crippen LogP contribution in [0.1, 0.15) is 43.2 Å². The van der Waals surface area contributed by atoms with Crippen molar-refractivity contribution in [1.82, 2.24) is 0 Å². The van der Waals surface area contributed by atoms with Gasteiger partial charge in [0.15, 0.2) is 11.5 Å². The number of hydrogen-bond donors (Lipinski definition) is 1. The number of carbonyl (C=O) groups excluding carboxylic acids is 1. The van der Waals surface area contributed by atoms with Crippen LogP contribution in [0.15, 0.2) is 36.4 Å². The number of nitrogens with one attached hydrogen (secondary N) is 1. The Morgan fingerprint density at radius 3 is 2.63 bits per heavy atom. The van der Waals surface area contributed by atoms with Crippen LogP contribution in [0.5, 0.6) is 17.2 Å². The minimum absolute atomic E-state index is 0.0925. The molecule has 0 radical (unpaired) electrons. The second-order valence-electron chi connectivity index (χ2n) is 7.38. The number of carbonyl (C=O) groups is 1. The lowest BCUT2D eigenvalue weighted by Gasteiger charge is -2.31. The summed E-state index contributed by atoms with van der Waals surface area (Å²) in [6, 6.07) is 11.4. The first-order chi connectivity index (χ1) is 13.1. The molecule has 5 nitrogen and oxygen atoms in total. The van der Waals surface area contributed by atoms with Crippen molar-refractivity contribution >= 4 is 11.6 Å². The summed E-state index contributed by atoms with van der Waals surface area (Å²) in [4.78, 5) is 12.5. The number of anilines is 1. The lowest BCUT2D eigenvalue weighted by Crippen LogP contribution is -2.40. The number of fused-ring (bicyclic) bond motifs is 1. The molecule has 0 unspecified atom stereocenters. The Kier molecular flexibility index (Phi) is 4.68. The average Bonchev–Trinajstić information content (AvgIpc) is 2.99. The van der Waals surface area contributed by atoms with Gasteiger partial charge in [-0.1, -0.05) is 24.1 Å². The van der Waals surface area contributed by atoms with Gasteiger partial charge in [0.05, 0.1) is 13.5 Å². The van der Waals surface area contributed by atoms with Crippen molar-refractivity contribution in [1.29, 1.82) is 0 Å². The maximum Gasteiger partial charge on any atom is 0.251 e. The maximum absolute atomic E-state index is 12.5. The molecule has 0 saturated heterocycles. The highest BCUT2D eigenvalue weighted by Gasteiger charge is 2.42. The third-order valence-electron chi connectivity index (χ3n) is 5.22. The second kappa shape index (κ2) is 7.14. The molecule has 142 valence electrons. The number of aryl methyl sites for hydroxylation is 1. The molecule has 1 amide bonds. The van der Waals surface area contributed by atoms with Gasteiger partial charge in [0.1, 0.15) is 5.75 Å². The summed E-state index contributed by atoms with van der Waals surface area (Å²) in [6.45, 7) is 2.00. The molecular formula is C22H25NO4. The Labute approximate surface area is 159 Å². The number of ether oxygens (including phenoxy) is 3. The first-order valence-corrected chi connectivity index (χ1v) is 9.52. The van der Waals surface area contributed by atoms with Crippen molar-refractivity contribution < 1.29 is 19.0 Å². The fourth-order valence-corrected chi connectivity index (χ4v) is 3.89. The molecule has 1 aliphatic carbocycles. The fourth-order valence-electron chi connectivity index (χ4n) is 3.89. The highest BCUT2D eigenvalue weighted by atomic mass is 16.7. The van der Waals surface area contributed by atoms with Crippen molar-refractivity contribution in [3.05, 3.63) is 47.5 Å². The smallest absolute Gasteiger partial charge is 0.251 e. The Morgan fingerprint density at radius 2 is 1.85 bits per heavy atom. The van der Waals surface area contributed by atoms with Gasteiger partial charge in [-0.25, -0.2) is 0 Å². The molecule has 0 aromatic heterocycles. The Morgan fingerprint density at radius 1 is 1.07 bits per heavy atom. The molecule has 0 bridgehead atoms. The third kappa shape index (κ3) is 3.72. The Hall–Kier alpha value is -2.69. The average molecular weight is 367 g/mol. The number of hydrogen-bond acceptors (Lipinski definition) is 4. The number of rotatable bonds is 4. The van der Waals surface area contributed by atoms with Crippen molar-refractivity contribution in [3.8, 4) is 17.2 Å². The molecule has 1 heterocycles. The monoisotopic (exact) mass is 367 g/mol. The lowest BCUT2D eigenvalue weighted by molar-refractivity contribution is -0.115. The molecule has 2 aromatic carbocycles. The summed E-state index contributed by atoms with van der Waals surface area (Å²) in [5, 5.41) is 2.95. The van der Waals surface area contributed by atoms with E-state index in [1.54, 1.807) is 7.11 Å². The van der Waals surface area contributed by atoms with E-state index in [2.05, 4.69) is 5.32 Å². The number of methoxy groups -OCH3 is 1. The van der Waals surface area contributed by atoms with Crippen LogP contribution in [-0.4, -0.2) is 18.8 Å². The molecule has 5 heteroatoms. The van der Waals surface area contributed by atoms with Gasteiger partial charge in [0, 0.05) is 30.2 Å². The van der Waals surface area contributed by atoms with Gasteiger partial charge in [-0.05, 0) is 38.0 Å². The van der Waals surface area contributed by atoms with E-state index in [-0.39, 0.29) is 12.3 Å². The van der Waals surface area contributed by atoms with Gasteiger partial charge in [-0.2, -0.15) is 0 Å². The normalized spacial score (nSPS) is 17.0. The molecule has 1 spiro atoms. The molecule has 27 heavy (non-hydrogen) atoms. The first kappa shape index (κ1) is 17.7. The molecule has 1 N–H and O–H groups in total. The summed E-state index contributed by atoms with van der Waals surface area (Å²) >= 11 is 0. The molecule has 2 aromatic rings. The van der Waals surface area contributed by atoms with Crippen LogP contribution in [0, 0.1) is 6.92 Å². The van der Waals surface area contributed by atoms with Gasteiger partial charge in [-0.3, -0.25) is 4.79 Å². The largest absolute Gasteiger partial charge is 0.496 e. The van der Waals surface area contributed by atoms with Crippen LogP contribution in [-0.2, 0) is 11.2 Å². The highest BCUT2D eigenvalue weighted by Crippen LogP contribution is 2.46. The van der Waals surface area contributed by atoms with Gasteiger partial charge in [0.2, 0.25) is 5.91 Å². The predicted octanol–water partition coefficient (Wildman–Crippen LogP) is 4.62. The number of amides is 1. The van der Waals surface area contributed by atoms with Gasteiger partial charge >= 0.3 is 0 Å². The second-order valence-corrected chi connectivity index (χ2v) is 7.38. The number of benzene rings is 2. The van der Waals surface area contributed by atoms with Crippen molar-refractivity contribution in [3.63, 3.8) is 0 Å². The predicted molar refractivity (Wildman–Crippen MR) is 104 cm³/mol. The topological polar surface area (TPSA) is 56.8 Å². The third-order valence-corrected chi connectivity index (χ3v) is 5.22. The zero-order valence-electron chi connectivity index (χ0n) is 15.8. The van der Waals surface area contributed by atoms with Gasteiger partial charge in [0.25, 0.3) is 5.79 Å². The van der Waals surface area contributed by atoms with E-state index < -0.39 is 5.79 Å². The minimum atomic E-state index is -0.502. The van der Waals surface area contributed by atoms with Crippen LogP contribution >= 0.6 is 0 Å². The van der Waals surface area contributed by atoms with E-state index in [4.69, 9.17) is 14.2 Å². The summed E-state index contributed by atoms with van der Waals surface area (Å²) in [5.74, 6) is 1.60. The fraction of sp³-hybridized carbons (Fsp3) is 0.409. The summed E-state index contributed by atoms with van der Waals surface area (Å²) in [7, 11) is 1.62. The van der Waals surface area contributed by atoms with E-state index in [9.17, 15) is 4.79 Å². The van der Waals surface area contributed by atoms with E-state index in [1.807, 2.05) is 43.3 Å². The Bertz CT molecular complexity index is 855. The molecule has 1 saturated carbocycles. The summed E-state index contributed by atoms with van der Waals surface area (Å²) in [6.07, 6.45) is 5.55. The van der Waals surface area contributed by atoms with Crippen molar-refractivity contribution in [2.75, 3.05) is 12.4 Å². The highest BCUT2D eigenvalue weighted by molar-refractivity contribution is 5.93. The lowest BCUT2D eigenvalue weighted by atomic mass is 9.94. The van der Waals surface area contributed by atoms with Crippen LogP contribution in [0.3, 0.4) is 0 Å². The van der Waals surface area contributed by atoms with Gasteiger partial charge in [-0.15, -0.1) is 0 Å². The molecular weight excluding hydrogens is 342 g/mol. The van der Waals surface area contributed by atoms with Crippen molar-refractivity contribution in [2.24, 2.45) is 0 Å². The van der Waals surface area contributed by atoms with E-state index in [0.29, 0.717) is 11.4 Å². The molecule has 4 rings (SSSR count). The maximum atomic E-state index is 12.5.